The van der Waals surface area contributed by atoms with Gasteiger partial charge in [0.25, 0.3) is 5.56 Å². The number of nitrogens with one attached hydrogen (secondary N) is 1. The molecule has 0 atom stereocenters. The van der Waals surface area contributed by atoms with Crippen molar-refractivity contribution in [1.29, 1.82) is 0 Å². The highest BCUT2D eigenvalue weighted by atomic mass is 16.5. The van der Waals surface area contributed by atoms with E-state index in [0.717, 1.165) is 23.8 Å². The molecule has 170 valence electrons. The molecule has 1 aliphatic heterocycles. The number of hydrogen-bond acceptors (Lipinski definition) is 6. The van der Waals surface area contributed by atoms with Gasteiger partial charge < -0.3 is 19.4 Å². The summed E-state index contributed by atoms with van der Waals surface area (Å²) in [6.07, 6.45) is 3.65. The van der Waals surface area contributed by atoms with E-state index in [0.29, 0.717) is 29.3 Å². The molecule has 3 heterocycles. The van der Waals surface area contributed by atoms with Crippen molar-refractivity contribution < 1.29 is 9.47 Å². The van der Waals surface area contributed by atoms with Crippen LogP contribution in [-0.2, 0) is 6.54 Å². The number of aryl methyl sites for hydroxylation is 1. The van der Waals surface area contributed by atoms with Crippen LogP contribution in [0.1, 0.15) is 47.5 Å². The molecule has 32 heavy (non-hydrogen) atoms. The zero-order chi connectivity index (χ0) is 23.1. The average Bonchev–Trinajstić information content (AvgIpc) is 2.71. The van der Waals surface area contributed by atoms with E-state index in [-0.39, 0.29) is 22.7 Å². The maximum absolute atomic E-state index is 12.8. The normalized spacial score (nSPS) is 17.9. The van der Waals surface area contributed by atoms with Crippen LogP contribution < -0.4 is 20.3 Å². The number of hydrogen-bond donors (Lipinski definition) is 1. The van der Waals surface area contributed by atoms with E-state index >= 15 is 0 Å². The van der Waals surface area contributed by atoms with Gasteiger partial charge in [-0.1, -0.05) is 0 Å². The molecule has 4 rings (SSSR count). The van der Waals surface area contributed by atoms with Crippen molar-refractivity contribution in [1.82, 2.24) is 20.1 Å². The van der Waals surface area contributed by atoms with Crippen molar-refractivity contribution in [3.05, 3.63) is 46.9 Å². The molecule has 1 N–H and O–H groups in total. The second-order valence-electron chi connectivity index (χ2n) is 9.84. The maximum atomic E-state index is 12.8. The molecule has 1 saturated heterocycles. The lowest BCUT2D eigenvalue weighted by Crippen LogP contribution is -2.60. The molecule has 0 bridgehead atoms. The van der Waals surface area contributed by atoms with Gasteiger partial charge in [-0.05, 0) is 64.3 Å². The number of rotatable bonds is 5. The van der Waals surface area contributed by atoms with E-state index in [4.69, 9.17) is 9.47 Å². The van der Waals surface area contributed by atoms with Crippen LogP contribution in [0.2, 0.25) is 0 Å². The van der Waals surface area contributed by atoms with Crippen molar-refractivity contribution in [2.45, 2.75) is 71.2 Å². The van der Waals surface area contributed by atoms with Crippen LogP contribution in [0.25, 0.3) is 22.0 Å². The predicted molar refractivity (Wildman–Crippen MR) is 126 cm³/mol. The SMILES string of the molecule is CCn1ccc2cc(OC)c(-c3ccc(OC4CC(C)(C)NC(C)(C)C4)nn3)cc2c1=O. The molecule has 0 spiro atoms. The summed E-state index contributed by atoms with van der Waals surface area (Å²) < 4.78 is 13.5. The minimum Gasteiger partial charge on any atom is -0.496 e. The number of nitrogens with zero attached hydrogens (tertiary/aromatic N) is 3. The molecule has 0 unspecified atom stereocenters. The topological polar surface area (TPSA) is 78.3 Å². The van der Waals surface area contributed by atoms with Crippen LogP contribution in [-0.4, -0.2) is 39.1 Å². The van der Waals surface area contributed by atoms with Gasteiger partial charge in [0.2, 0.25) is 5.88 Å². The largest absolute Gasteiger partial charge is 0.496 e. The fourth-order valence-electron chi connectivity index (χ4n) is 4.94. The number of ether oxygens (including phenoxy) is 2. The Morgan fingerprint density at radius 3 is 2.41 bits per heavy atom. The van der Waals surface area contributed by atoms with Gasteiger partial charge in [-0.15, -0.1) is 10.2 Å². The average molecular weight is 437 g/mol. The summed E-state index contributed by atoms with van der Waals surface area (Å²) in [5.41, 5.74) is 1.31. The van der Waals surface area contributed by atoms with Gasteiger partial charge in [0.15, 0.2) is 0 Å². The number of pyridine rings is 1. The van der Waals surface area contributed by atoms with E-state index in [9.17, 15) is 4.79 Å². The molecule has 7 nitrogen and oxygen atoms in total. The fraction of sp³-hybridized carbons (Fsp3) is 0.480. The molecule has 0 aliphatic carbocycles. The van der Waals surface area contributed by atoms with Crippen LogP contribution in [0.15, 0.2) is 41.3 Å². The van der Waals surface area contributed by atoms with Gasteiger partial charge >= 0.3 is 0 Å². The summed E-state index contributed by atoms with van der Waals surface area (Å²) in [5.74, 6) is 1.15. The molecule has 1 aliphatic rings. The summed E-state index contributed by atoms with van der Waals surface area (Å²) >= 11 is 0. The molecule has 2 aromatic heterocycles. The molecule has 7 heteroatoms. The second-order valence-corrected chi connectivity index (χ2v) is 9.84. The lowest BCUT2D eigenvalue weighted by atomic mass is 9.81. The number of aromatic nitrogens is 3. The first kappa shape index (κ1) is 22.3. The Hall–Kier alpha value is -2.93. The molecule has 1 fully saturated rings. The first-order valence-corrected chi connectivity index (χ1v) is 11.1. The minimum absolute atomic E-state index is 0.0103. The summed E-state index contributed by atoms with van der Waals surface area (Å²) in [7, 11) is 1.61. The molecular weight excluding hydrogens is 404 g/mol. The molecule has 0 saturated carbocycles. The van der Waals surface area contributed by atoms with Crippen molar-refractivity contribution in [2.24, 2.45) is 0 Å². The Morgan fingerprint density at radius 2 is 1.81 bits per heavy atom. The third kappa shape index (κ3) is 4.48. The Kier molecular flexibility index (Phi) is 5.71. The van der Waals surface area contributed by atoms with Crippen LogP contribution in [0.4, 0.5) is 0 Å². The second kappa shape index (κ2) is 8.20. The van der Waals surface area contributed by atoms with Crippen LogP contribution in [0.3, 0.4) is 0 Å². The smallest absolute Gasteiger partial charge is 0.258 e. The maximum Gasteiger partial charge on any atom is 0.258 e. The molecule has 0 amide bonds. The number of fused-ring (bicyclic) bond motifs is 1. The summed E-state index contributed by atoms with van der Waals surface area (Å²) in [6, 6.07) is 9.34. The summed E-state index contributed by atoms with van der Waals surface area (Å²) in [6.45, 7) is 11.3. The molecule has 0 radical (unpaired) electrons. The molecule has 3 aromatic rings. The highest BCUT2D eigenvalue weighted by Crippen LogP contribution is 2.34. The Balaban J connectivity index is 1.64. The molecule has 1 aromatic carbocycles. The van der Waals surface area contributed by atoms with Gasteiger partial charge in [0, 0.05) is 53.7 Å². The standard InChI is InChI=1S/C25H32N4O3/c1-7-29-11-10-16-12-21(31-6)19(13-18(16)23(29)30)20-8-9-22(27-26-20)32-17-14-24(2,3)28-25(4,5)15-17/h8-13,17,28H,7,14-15H2,1-6H3. The van der Waals surface area contributed by atoms with Crippen molar-refractivity contribution in [3.63, 3.8) is 0 Å². The van der Waals surface area contributed by atoms with E-state index in [2.05, 4.69) is 43.2 Å². The number of piperidine rings is 1. The van der Waals surface area contributed by atoms with Crippen molar-refractivity contribution >= 4 is 10.8 Å². The van der Waals surface area contributed by atoms with Crippen molar-refractivity contribution in [3.8, 4) is 22.9 Å². The van der Waals surface area contributed by atoms with Gasteiger partial charge in [0.1, 0.15) is 11.9 Å². The third-order valence-corrected chi connectivity index (χ3v) is 5.99. The zero-order valence-corrected chi connectivity index (χ0v) is 19.7. The lowest BCUT2D eigenvalue weighted by Gasteiger charge is -2.46. The van der Waals surface area contributed by atoms with Crippen LogP contribution >= 0.6 is 0 Å². The van der Waals surface area contributed by atoms with Gasteiger partial charge in [-0.25, -0.2) is 0 Å². The number of benzene rings is 1. The van der Waals surface area contributed by atoms with Gasteiger partial charge in [0.05, 0.1) is 12.8 Å². The summed E-state index contributed by atoms with van der Waals surface area (Å²) in [5, 5.41) is 13.8. The van der Waals surface area contributed by atoms with Gasteiger partial charge in [-0.2, -0.15) is 0 Å². The van der Waals surface area contributed by atoms with E-state index in [1.165, 1.54) is 0 Å². The summed E-state index contributed by atoms with van der Waals surface area (Å²) in [4.78, 5) is 12.8. The quantitative estimate of drug-likeness (QED) is 0.647. The highest BCUT2D eigenvalue weighted by Gasteiger charge is 2.38. The first-order valence-electron chi connectivity index (χ1n) is 11.1. The lowest BCUT2D eigenvalue weighted by molar-refractivity contribution is 0.0524. The van der Waals surface area contributed by atoms with Gasteiger partial charge in [-0.3, -0.25) is 4.79 Å². The predicted octanol–water partition coefficient (Wildman–Crippen LogP) is 4.18. The van der Waals surface area contributed by atoms with E-state index < -0.39 is 0 Å². The van der Waals surface area contributed by atoms with Crippen LogP contribution in [0.5, 0.6) is 11.6 Å². The van der Waals surface area contributed by atoms with E-state index in [1.54, 1.807) is 17.9 Å². The van der Waals surface area contributed by atoms with Crippen LogP contribution in [0, 0.1) is 0 Å². The Bertz CT molecular complexity index is 1170. The monoisotopic (exact) mass is 436 g/mol. The third-order valence-electron chi connectivity index (χ3n) is 5.99. The Morgan fingerprint density at radius 1 is 1.09 bits per heavy atom. The molecular formula is C25H32N4O3. The minimum atomic E-state index is -0.0297. The zero-order valence-electron chi connectivity index (χ0n) is 19.7. The number of methoxy groups -OCH3 is 1. The highest BCUT2D eigenvalue weighted by molar-refractivity contribution is 5.89. The fourth-order valence-corrected chi connectivity index (χ4v) is 4.94. The first-order chi connectivity index (χ1) is 15.1. The van der Waals surface area contributed by atoms with E-state index in [1.807, 2.05) is 37.3 Å². The van der Waals surface area contributed by atoms with Crippen molar-refractivity contribution in [2.75, 3.05) is 7.11 Å². The Labute approximate surface area is 188 Å².